The molecule has 0 aromatic heterocycles. The van der Waals surface area contributed by atoms with Gasteiger partial charge in [0, 0.05) is 0 Å². The van der Waals surface area contributed by atoms with Crippen LogP contribution >= 0.6 is 0 Å². The van der Waals surface area contributed by atoms with Crippen molar-refractivity contribution in [3.05, 3.63) is 0 Å². The van der Waals surface area contributed by atoms with E-state index in [1.54, 1.807) is 0 Å². The molecule has 0 saturated carbocycles. The van der Waals surface area contributed by atoms with Gasteiger partial charge in [0.2, 0.25) is 0 Å². The lowest BCUT2D eigenvalue weighted by Gasteiger charge is -2.37. The Morgan fingerprint density at radius 2 is 1.06 bits per heavy atom. The predicted molar refractivity (Wildman–Crippen MR) is 129 cm³/mol. The molecular formula is C26H50O6. The lowest BCUT2D eigenvalue weighted by molar-refractivity contribution is -0.416. The smallest absolute Gasteiger partial charge is 0.161 e. The molecule has 0 saturated heterocycles. The summed E-state index contributed by atoms with van der Waals surface area (Å²) in [5.74, 6) is 6.42. The molecule has 0 fully saturated rings. The van der Waals surface area contributed by atoms with Gasteiger partial charge < -0.3 is 0 Å². The molecule has 0 bridgehead atoms. The topological polar surface area (TPSA) is 55.4 Å². The van der Waals surface area contributed by atoms with E-state index in [1.165, 1.54) is 0 Å². The van der Waals surface area contributed by atoms with Gasteiger partial charge in [-0.15, -0.1) is 0 Å². The van der Waals surface area contributed by atoms with E-state index >= 15 is 0 Å². The first kappa shape index (κ1) is 31.3. The molecule has 0 heterocycles. The molecule has 0 aromatic carbocycles. The highest BCUT2D eigenvalue weighted by atomic mass is 17.2. The molecule has 0 amide bonds. The van der Waals surface area contributed by atoms with E-state index in [1.807, 2.05) is 90.0 Å². The fourth-order valence-electron chi connectivity index (χ4n) is 2.05. The second-order valence-corrected chi connectivity index (χ2v) is 12.5. The van der Waals surface area contributed by atoms with Crippen molar-refractivity contribution in [1.29, 1.82) is 0 Å². The van der Waals surface area contributed by atoms with Gasteiger partial charge in [-0.1, -0.05) is 25.7 Å². The van der Waals surface area contributed by atoms with Crippen molar-refractivity contribution >= 4 is 0 Å². The highest BCUT2D eigenvalue weighted by molar-refractivity contribution is 5.19. The molecule has 0 spiro atoms. The van der Waals surface area contributed by atoms with E-state index in [2.05, 4.69) is 25.7 Å². The van der Waals surface area contributed by atoms with Crippen molar-refractivity contribution in [1.82, 2.24) is 0 Å². The van der Waals surface area contributed by atoms with Crippen LogP contribution in [0.5, 0.6) is 0 Å². The molecule has 32 heavy (non-hydrogen) atoms. The predicted octanol–water partition coefficient (Wildman–Crippen LogP) is 6.96. The van der Waals surface area contributed by atoms with Crippen LogP contribution < -0.4 is 0 Å². The average molecular weight is 459 g/mol. The Labute approximate surface area is 197 Å². The first-order valence-corrected chi connectivity index (χ1v) is 11.7. The zero-order chi connectivity index (χ0) is 25.6. The summed E-state index contributed by atoms with van der Waals surface area (Å²) in [5.41, 5.74) is -3.58. The van der Waals surface area contributed by atoms with Crippen LogP contribution in [-0.2, 0) is 29.3 Å². The van der Waals surface area contributed by atoms with Crippen molar-refractivity contribution in [2.45, 2.75) is 150 Å². The molecule has 2 atom stereocenters. The quantitative estimate of drug-likeness (QED) is 0.189. The number of hydrogen-bond acceptors (Lipinski definition) is 6. The minimum absolute atomic E-state index is 0.0351. The maximum Gasteiger partial charge on any atom is 0.161 e. The van der Waals surface area contributed by atoms with Crippen LogP contribution in [0, 0.1) is 17.8 Å². The van der Waals surface area contributed by atoms with Gasteiger partial charge in [0.25, 0.3) is 0 Å². The van der Waals surface area contributed by atoms with Gasteiger partial charge in [-0.05, 0) is 109 Å². The molecule has 0 aromatic rings. The lowest BCUT2D eigenvalue weighted by Crippen LogP contribution is -2.42. The van der Waals surface area contributed by atoms with E-state index in [0.717, 1.165) is 6.42 Å². The van der Waals surface area contributed by atoms with Crippen molar-refractivity contribution < 1.29 is 29.3 Å². The van der Waals surface area contributed by atoms with Crippen LogP contribution in [0.3, 0.4) is 0 Å². The zero-order valence-electron chi connectivity index (χ0n) is 23.4. The van der Waals surface area contributed by atoms with Gasteiger partial charge in [-0.2, -0.15) is 0 Å². The SMILES string of the molecule is CCC(C)(C)OOC(C)(C)C(C)CC(C)(C#CC(C)(C)OOC(C)(C)C)OOC(C)(C)C. The highest BCUT2D eigenvalue weighted by Gasteiger charge is 2.38. The molecule has 190 valence electrons. The van der Waals surface area contributed by atoms with Gasteiger partial charge in [-0.3, -0.25) is 0 Å². The lowest BCUT2D eigenvalue weighted by atomic mass is 9.83. The zero-order valence-corrected chi connectivity index (χ0v) is 23.4. The first-order valence-electron chi connectivity index (χ1n) is 11.7. The Morgan fingerprint density at radius 3 is 1.50 bits per heavy atom. The highest BCUT2D eigenvalue weighted by Crippen LogP contribution is 2.33. The van der Waals surface area contributed by atoms with E-state index in [0.29, 0.717) is 6.42 Å². The third kappa shape index (κ3) is 13.8. The normalized spacial score (nSPS) is 16.8. The Bertz CT molecular complexity index is 627. The Hall–Kier alpha value is -0.680. The van der Waals surface area contributed by atoms with Gasteiger partial charge in [0.1, 0.15) is 5.60 Å². The van der Waals surface area contributed by atoms with Crippen molar-refractivity contribution in [3.63, 3.8) is 0 Å². The van der Waals surface area contributed by atoms with Gasteiger partial charge in [-0.25, -0.2) is 29.3 Å². The summed E-state index contributed by atoms with van der Waals surface area (Å²) >= 11 is 0. The van der Waals surface area contributed by atoms with Crippen molar-refractivity contribution in [2.24, 2.45) is 5.92 Å². The maximum absolute atomic E-state index is 5.90. The van der Waals surface area contributed by atoms with Crippen LogP contribution in [0.1, 0.15) is 117 Å². The summed E-state index contributed by atoms with van der Waals surface area (Å²) in [7, 11) is 0. The van der Waals surface area contributed by atoms with Crippen molar-refractivity contribution in [2.75, 3.05) is 0 Å². The molecule has 0 aliphatic carbocycles. The first-order chi connectivity index (χ1) is 14.0. The van der Waals surface area contributed by atoms with E-state index < -0.39 is 28.0 Å². The molecule has 0 N–H and O–H groups in total. The molecule has 0 rings (SSSR count). The number of hydrogen-bond donors (Lipinski definition) is 0. The van der Waals surface area contributed by atoms with E-state index in [4.69, 9.17) is 29.3 Å². The van der Waals surface area contributed by atoms with Gasteiger partial charge >= 0.3 is 0 Å². The summed E-state index contributed by atoms with van der Waals surface area (Å²) in [5, 5.41) is 0. The second-order valence-electron chi connectivity index (χ2n) is 12.5. The maximum atomic E-state index is 5.90. The monoisotopic (exact) mass is 458 g/mol. The molecule has 0 aliphatic rings. The summed E-state index contributed by atoms with van der Waals surface area (Å²) < 4.78 is 0. The van der Waals surface area contributed by atoms with Crippen LogP contribution in [0.4, 0.5) is 0 Å². The molecule has 6 nitrogen and oxygen atoms in total. The molecule has 0 aliphatic heterocycles. The largest absolute Gasteiger partial charge is 0.230 e. The van der Waals surface area contributed by atoms with E-state index in [-0.39, 0.29) is 11.5 Å². The fraction of sp³-hybridized carbons (Fsp3) is 0.923. The summed E-state index contributed by atoms with van der Waals surface area (Å²) in [6, 6.07) is 0. The van der Waals surface area contributed by atoms with Crippen molar-refractivity contribution in [3.8, 4) is 11.8 Å². The summed E-state index contributed by atoms with van der Waals surface area (Å²) in [6.45, 7) is 29.4. The number of rotatable bonds is 11. The molecular weight excluding hydrogens is 408 g/mol. The second kappa shape index (κ2) is 11.2. The van der Waals surface area contributed by atoms with Crippen LogP contribution in [-0.4, -0.2) is 33.6 Å². The van der Waals surface area contributed by atoms with Crippen LogP contribution in [0.15, 0.2) is 0 Å². The Kier molecular flexibility index (Phi) is 10.9. The van der Waals surface area contributed by atoms with Crippen LogP contribution in [0.2, 0.25) is 0 Å². The van der Waals surface area contributed by atoms with Gasteiger partial charge in [0.05, 0.1) is 16.8 Å². The summed E-state index contributed by atoms with van der Waals surface area (Å²) in [4.78, 5) is 34.2. The molecule has 2 unspecified atom stereocenters. The average Bonchev–Trinajstić information content (AvgIpc) is 2.61. The minimum atomic E-state index is -0.907. The third-order valence-electron chi connectivity index (χ3n) is 4.82. The van der Waals surface area contributed by atoms with Gasteiger partial charge in [0.15, 0.2) is 11.2 Å². The third-order valence-corrected chi connectivity index (χ3v) is 4.82. The van der Waals surface area contributed by atoms with E-state index in [9.17, 15) is 0 Å². The molecule has 0 radical (unpaired) electrons. The molecule has 6 heteroatoms. The standard InChI is InChI=1S/C26H50O6/c1-16-23(9,10)29-31-25(13,14)20(2)19-26(15,32-28-22(6,7)8)18-17-24(11,12)30-27-21(3,4)5/h20H,16,19H2,1-15H3. The Balaban J connectivity index is 5.61. The fourth-order valence-corrected chi connectivity index (χ4v) is 2.05. The van der Waals surface area contributed by atoms with Crippen LogP contribution in [0.25, 0.3) is 0 Å². The Morgan fingerprint density at radius 1 is 0.594 bits per heavy atom. The summed E-state index contributed by atoms with van der Waals surface area (Å²) in [6.07, 6.45) is 1.39. The minimum Gasteiger partial charge on any atom is -0.230 e.